The van der Waals surface area contributed by atoms with E-state index in [2.05, 4.69) is 34.0 Å². The number of methoxy groups -OCH3 is 1. The van der Waals surface area contributed by atoms with E-state index in [-0.39, 0.29) is 5.56 Å². The second kappa shape index (κ2) is 9.75. The van der Waals surface area contributed by atoms with Gasteiger partial charge in [-0.1, -0.05) is 12.1 Å². The Morgan fingerprint density at radius 3 is 2.56 bits per heavy atom. The van der Waals surface area contributed by atoms with Gasteiger partial charge in [-0.15, -0.1) is 0 Å². The molecular formula is C26H26FN3O2. The van der Waals surface area contributed by atoms with Crippen molar-refractivity contribution in [3.8, 4) is 17.0 Å². The Labute approximate surface area is 187 Å². The largest absolute Gasteiger partial charge is 0.497 e. The molecule has 6 heteroatoms. The molecule has 1 aliphatic rings. The highest BCUT2D eigenvalue weighted by molar-refractivity contribution is 6.07. The zero-order valence-corrected chi connectivity index (χ0v) is 18.3. The summed E-state index contributed by atoms with van der Waals surface area (Å²) in [5.74, 6) is -0.610. The number of allylic oxidation sites excluding steroid dienone is 1. The molecule has 1 aliphatic heterocycles. The standard InChI is InChI=1S/C26H26FN3O2/c1-29-13-15-30(16-14-29)25-10-6-19(24-5-3-4-12-28-24)17-20(25)7-11-26(31)22-9-8-21(32-2)18-23(22)27/h3-12,17-18H,13-16H2,1-2H3. The van der Waals surface area contributed by atoms with Gasteiger partial charge in [0.15, 0.2) is 5.78 Å². The van der Waals surface area contributed by atoms with E-state index < -0.39 is 11.6 Å². The van der Waals surface area contributed by atoms with E-state index in [1.165, 1.54) is 25.3 Å². The van der Waals surface area contributed by atoms with Crippen LogP contribution in [0.2, 0.25) is 0 Å². The lowest BCUT2D eigenvalue weighted by atomic mass is 10.0. The van der Waals surface area contributed by atoms with Crippen molar-refractivity contribution >= 4 is 17.5 Å². The quantitative estimate of drug-likeness (QED) is 0.423. The molecule has 5 nitrogen and oxygen atoms in total. The molecule has 0 radical (unpaired) electrons. The zero-order valence-electron chi connectivity index (χ0n) is 18.3. The molecule has 0 N–H and O–H groups in total. The summed E-state index contributed by atoms with van der Waals surface area (Å²) in [6.07, 6.45) is 4.96. The minimum atomic E-state index is -0.597. The number of anilines is 1. The van der Waals surface area contributed by atoms with Crippen LogP contribution in [0.4, 0.5) is 10.1 Å². The molecule has 4 rings (SSSR count). The Bertz CT molecular complexity index is 1120. The number of piperazine rings is 1. The lowest BCUT2D eigenvalue weighted by Crippen LogP contribution is -2.44. The van der Waals surface area contributed by atoms with E-state index in [0.717, 1.165) is 48.7 Å². The molecule has 0 aliphatic carbocycles. The van der Waals surface area contributed by atoms with E-state index in [1.807, 2.05) is 24.3 Å². The van der Waals surface area contributed by atoms with Crippen LogP contribution < -0.4 is 9.64 Å². The number of rotatable bonds is 6. The van der Waals surface area contributed by atoms with E-state index >= 15 is 0 Å². The Morgan fingerprint density at radius 1 is 1.06 bits per heavy atom. The van der Waals surface area contributed by atoms with Crippen LogP contribution in [0.3, 0.4) is 0 Å². The second-order valence-electron chi connectivity index (χ2n) is 7.82. The summed E-state index contributed by atoms with van der Waals surface area (Å²) >= 11 is 0. The molecule has 0 amide bonds. The second-order valence-corrected chi connectivity index (χ2v) is 7.82. The molecule has 1 saturated heterocycles. The van der Waals surface area contributed by atoms with Crippen molar-refractivity contribution < 1.29 is 13.9 Å². The van der Waals surface area contributed by atoms with E-state index in [0.29, 0.717) is 5.75 Å². The Balaban J connectivity index is 1.67. The number of likely N-dealkylation sites (N-methyl/N-ethyl adjacent to an activating group) is 1. The minimum Gasteiger partial charge on any atom is -0.497 e. The molecule has 0 unspecified atom stereocenters. The Morgan fingerprint density at radius 2 is 1.88 bits per heavy atom. The summed E-state index contributed by atoms with van der Waals surface area (Å²) in [7, 11) is 3.58. The number of ketones is 1. The molecule has 0 atom stereocenters. The first-order valence-electron chi connectivity index (χ1n) is 10.6. The smallest absolute Gasteiger partial charge is 0.188 e. The van der Waals surface area contributed by atoms with Gasteiger partial charge in [0.05, 0.1) is 18.4 Å². The third-order valence-corrected chi connectivity index (χ3v) is 5.69. The van der Waals surface area contributed by atoms with Gasteiger partial charge in [0.25, 0.3) is 0 Å². The number of carbonyl (C=O) groups excluding carboxylic acids is 1. The number of halogens is 1. The molecule has 1 fully saturated rings. The van der Waals surface area contributed by atoms with Gasteiger partial charge in [-0.3, -0.25) is 9.78 Å². The van der Waals surface area contributed by atoms with Crippen molar-refractivity contribution in [1.82, 2.24) is 9.88 Å². The number of pyridine rings is 1. The fraction of sp³-hybridized carbons (Fsp3) is 0.231. The molecule has 1 aromatic heterocycles. The van der Waals surface area contributed by atoms with Gasteiger partial charge < -0.3 is 14.5 Å². The van der Waals surface area contributed by atoms with Crippen molar-refractivity contribution in [2.24, 2.45) is 0 Å². The average Bonchev–Trinajstić information content (AvgIpc) is 2.83. The van der Waals surface area contributed by atoms with Gasteiger partial charge in [0.1, 0.15) is 11.6 Å². The van der Waals surface area contributed by atoms with E-state index in [1.54, 1.807) is 18.3 Å². The van der Waals surface area contributed by atoms with Crippen molar-refractivity contribution in [1.29, 1.82) is 0 Å². The summed E-state index contributed by atoms with van der Waals surface area (Å²) in [4.78, 5) is 21.8. The van der Waals surface area contributed by atoms with Crippen LogP contribution in [0.5, 0.6) is 5.75 Å². The highest BCUT2D eigenvalue weighted by Crippen LogP contribution is 2.29. The number of hydrogen-bond acceptors (Lipinski definition) is 5. The monoisotopic (exact) mass is 431 g/mol. The van der Waals surface area contributed by atoms with Crippen LogP contribution in [0.1, 0.15) is 15.9 Å². The first-order valence-corrected chi connectivity index (χ1v) is 10.6. The van der Waals surface area contributed by atoms with E-state index in [9.17, 15) is 9.18 Å². The molecule has 0 spiro atoms. The fourth-order valence-corrected chi connectivity index (χ4v) is 3.79. The highest BCUT2D eigenvalue weighted by atomic mass is 19.1. The predicted molar refractivity (Wildman–Crippen MR) is 126 cm³/mol. The molecule has 2 aromatic carbocycles. The molecule has 0 saturated carbocycles. The van der Waals surface area contributed by atoms with Crippen molar-refractivity contribution in [3.63, 3.8) is 0 Å². The molecular weight excluding hydrogens is 405 g/mol. The van der Waals surface area contributed by atoms with Crippen LogP contribution in [-0.2, 0) is 0 Å². The summed E-state index contributed by atoms with van der Waals surface area (Å²) < 4.78 is 19.4. The van der Waals surface area contributed by atoms with Gasteiger partial charge in [0.2, 0.25) is 0 Å². The SMILES string of the molecule is COc1ccc(C(=O)C=Cc2cc(-c3ccccn3)ccc2N2CCN(C)CC2)c(F)c1. The first kappa shape index (κ1) is 21.7. The van der Waals surface area contributed by atoms with Gasteiger partial charge in [-0.05, 0) is 61.2 Å². The number of benzene rings is 2. The maximum Gasteiger partial charge on any atom is 0.188 e. The summed E-state index contributed by atoms with van der Waals surface area (Å²) in [6.45, 7) is 3.75. The lowest BCUT2D eigenvalue weighted by molar-refractivity contribution is 0.104. The van der Waals surface area contributed by atoms with Crippen molar-refractivity contribution in [2.45, 2.75) is 0 Å². The zero-order chi connectivity index (χ0) is 22.5. The number of ether oxygens (including phenoxy) is 1. The van der Waals surface area contributed by atoms with Crippen LogP contribution in [0.15, 0.2) is 66.9 Å². The lowest BCUT2D eigenvalue weighted by Gasteiger charge is -2.35. The van der Waals surface area contributed by atoms with Crippen LogP contribution in [0.25, 0.3) is 17.3 Å². The maximum absolute atomic E-state index is 14.3. The molecule has 2 heterocycles. The Hall–Kier alpha value is -3.51. The molecule has 32 heavy (non-hydrogen) atoms. The number of nitrogens with zero attached hydrogens (tertiary/aromatic N) is 3. The van der Waals surface area contributed by atoms with Gasteiger partial charge in [0, 0.05) is 49.7 Å². The summed E-state index contributed by atoms with van der Waals surface area (Å²) in [6, 6.07) is 16.2. The maximum atomic E-state index is 14.3. The summed E-state index contributed by atoms with van der Waals surface area (Å²) in [5, 5.41) is 0. The van der Waals surface area contributed by atoms with Crippen LogP contribution >= 0.6 is 0 Å². The minimum absolute atomic E-state index is 0.0177. The number of carbonyl (C=O) groups is 1. The Kier molecular flexibility index (Phi) is 6.61. The molecule has 3 aromatic rings. The average molecular weight is 432 g/mol. The fourth-order valence-electron chi connectivity index (χ4n) is 3.79. The predicted octanol–water partition coefficient (Wildman–Crippen LogP) is 4.54. The topological polar surface area (TPSA) is 45.7 Å². The normalized spacial score (nSPS) is 14.7. The highest BCUT2D eigenvalue weighted by Gasteiger charge is 2.17. The molecule has 164 valence electrons. The van der Waals surface area contributed by atoms with Crippen molar-refractivity contribution in [3.05, 3.63) is 83.8 Å². The third-order valence-electron chi connectivity index (χ3n) is 5.69. The third kappa shape index (κ3) is 4.86. The van der Waals surface area contributed by atoms with Crippen molar-refractivity contribution in [2.75, 3.05) is 45.2 Å². The molecule has 0 bridgehead atoms. The first-order chi connectivity index (χ1) is 15.5. The van der Waals surface area contributed by atoms with Gasteiger partial charge in [-0.2, -0.15) is 0 Å². The number of hydrogen-bond donors (Lipinski definition) is 0. The van der Waals surface area contributed by atoms with Gasteiger partial charge in [-0.25, -0.2) is 4.39 Å². The van der Waals surface area contributed by atoms with Crippen LogP contribution in [-0.4, -0.2) is 56.0 Å². The number of aromatic nitrogens is 1. The van der Waals surface area contributed by atoms with E-state index in [4.69, 9.17) is 4.74 Å². The van der Waals surface area contributed by atoms with Crippen LogP contribution in [0, 0.1) is 5.82 Å². The van der Waals surface area contributed by atoms with Gasteiger partial charge >= 0.3 is 0 Å². The summed E-state index contributed by atoms with van der Waals surface area (Å²) in [5.41, 5.74) is 3.80.